The largest absolute Gasteiger partial charge is 0.333 e. The van der Waals surface area contributed by atoms with Crippen molar-refractivity contribution < 1.29 is 0 Å². The Morgan fingerprint density at radius 1 is 0.554 bits per heavy atom. The standard InChI is InChI=1S/C54H42N2/c1-33-19-25-50-43(28-33)44-29-34(2)20-26-51(44)56(50)38-23-21-35(22-24-38)52-40-15-5-6-16-41(40)53(37-13-11-12-36(30-37)49-18-9-10-27-55-49)46-32-48-42(31-45(46)52)39-14-7-8-17-47(39)54(48,3)4/h5-23,25-32,38H,24H2,1-4H3. The second kappa shape index (κ2) is 12.2. The SMILES string of the molecule is Cc1ccc2c(c1)c1cc(C)ccc1n2C1C=CC(c2c3ccccc3c(-c3cccc(-c4ccccn4)c3)c3cc4c(cc23)-c2ccccc2C4(C)C)=CC1. The van der Waals surface area contributed by atoms with E-state index in [0.29, 0.717) is 0 Å². The van der Waals surface area contributed by atoms with Gasteiger partial charge in [0, 0.05) is 39.0 Å². The van der Waals surface area contributed by atoms with Gasteiger partial charge in [-0.15, -0.1) is 0 Å². The Morgan fingerprint density at radius 3 is 1.95 bits per heavy atom. The molecular formula is C54H42N2. The molecular weight excluding hydrogens is 677 g/mol. The van der Waals surface area contributed by atoms with Gasteiger partial charge in [0.2, 0.25) is 0 Å². The average molecular weight is 719 g/mol. The van der Waals surface area contributed by atoms with Crippen molar-refractivity contribution in [3.8, 4) is 33.5 Å². The molecule has 11 rings (SSSR count). The molecule has 9 aromatic rings. The van der Waals surface area contributed by atoms with Gasteiger partial charge in [-0.1, -0.05) is 128 Å². The summed E-state index contributed by atoms with van der Waals surface area (Å²) in [4.78, 5) is 4.72. The summed E-state index contributed by atoms with van der Waals surface area (Å²) in [5, 5.41) is 7.81. The van der Waals surface area contributed by atoms with Gasteiger partial charge in [-0.25, -0.2) is 0 Å². The Bertz CT molecular complexity index is 3090. The zero-order valence-electron chi connectivity index (χ0n) is 32.3. The van der Waals surface area contributed by atoms with Crippen molar-refractivity contribution in [1.82, 2.24) is 9.55 Å². The number of nitrogens with zero attached hydrogens (tertiary/aromatic N) is 2. The molecule has 7 aromatic carbocycles. The molecule has 0 spiro atoms. The number of hydrogen-bond acceptors (Lipinski definition) is 1. The topological polar surface area (TPSA) is 17.8 Å². The maximum Gasteiger partial charge on any atom is 0.0702 e. The molecule has 56 heavy (non-hydrogen) atoms. The normalized spacial score (nSPS) is 15.8. The lowest BCUT2D eigenvalue weighted by atomic mass is 9.79. The Balaban J connectivity index is 1.15. The van der Waals surface area contributed by atoms with E-state index in [-0.39, 0.29) is 11.5 Å². The van der Waals surface area contributed by atoms with E-state index in [1.54, 1.807) is 0 Å². The first-order chi connectivity index (χ1) is 27.3. The Hall–Kier alpha value is -6.51. The Morgan fingerprint density at radius 2 is 1.23 bits per heavy atom. The van der Waals surface area contributed by atoms with E-state index >= 15 is 0 Å². The van der Waals surface area contributed by atoms with Crippen molar-refractivity contribution in [3.05, 3.63) is 192 Å². The van der Waals surface area contributed by atoms with E-state index in [1.807, 2.05) is 12.3 Å². The van der Waals surface area contributed by atoms with Crippen LogP contribution in [0, 0.1) is 13.8 Å². The number of aromatic nitrogens is 2. The molecule has 2 nitrogen and oxygen atoms in total. The molecule has 2 aliphatic rings. The molecule has 0 aliphatic heterocycles. The fourth-order valence-corrected chi connectivity index (χ4v) is 9.98. The lowest BCUT2D eigenvalue weighted by molar-refractivity contribution is 0.649. The minimum absolute atomic E-state index is 0.115. The van der Waals surface area contributed by atoms with Crippen LogP contribution in [-0.4, -0.2) is 9.55 Å². The van der Waals surface area contributed by atoms with E-state index < -0.39 is 0 Å². The van der Waals surface area contributed by atoms with Crippen molar-refractivity contribution in [3.63, 3.8) is 0 Å². The minimum Gasteiger partial charge on any atom is -0.333 e. The first-order valence-corrected chi connectivity index (χ1v) is 19.9. The molecule has 1 unspecified atom stereocenters. The molecule has 268 valence electrons. The summed E-state index contributed by atoms with van der Waals surface area (Å²) in [5.41, 5.74) is 17.7. The van der Waals surface area contributed by atoms with Crippen LogP contribution in [0.25, 0.3) is 82.4 Å². The molecule has 0 bridgehead atoms. The van der Waals surface area contributed by atoms with Gasteiger partial charge < -0.3 is 4.57 Å². The molecule has 2 aromatic heterocycles. The third-order valence-corrected chi connectivity index (χ3v) is 12.6. The predicted octanol–water partition coefficient (Wildman–Crippen LogP) is 14.3. The van der Waals surface area contributed by atoms with Crippen LogP contribution in [0.5, 0.6) is 0 Å². The maximum atomic E-state index is 4.72. The molecule has 1 atom stereocenters. The molecule has 0 N–H and O–H groups in total. The zero-order valence-corrected chi connectivity index (χ0v) is 32.3. The Kier molecular flexibility index (Phi) is 7.19. The molecule has 0 saturated heterocycles. The van der Waals surface area contributed by atoms with Crippen molar-refractivity contribution in [2.75, 3.05) is 0 Å². The first kappa shape index (κ1) is 32.9. The number of hydrogen-bond donors (Lipinski definition) is 0. The van der Waals surface area contributed by atoms with Crippen LogP contribution >= 0.6 is 0 Å². The van der Waals surface area contributed by atoms with E-state index in [9.17, 15) is 0 Å². The van der Waals surface area contributed by atoms with Gasteiger partial charge in [-0.2, -0.15) is 0 Å². The highest BCUT2D eigenvalue weighted by Gasteiger charge is 2.36. The smallest absolute Gasteiger partial charge is 0.0702 e. The van der Waals surface area contributed by atoms with Gasteiger partial charge in [-0.3, -0.25) is 4.98 Å². The highest BCUT2D eigenvalue weighted by molar-refractivity contribution is 6.21. The highest BCUT2D eigenvalue weighted by Crippen LogP contribution is 2.53. The minimum atomic E-state index is -0.115. The number of fused-ring (bicyclic) bond motifs is 8. The van der Waals surface area contributed by atoms with E-state index in [2.05, 4.69) is 184 Å². The van der Waals surface area contributed by atoms with Crippen molar-refractivity contribution in [2.45, 2.75) is 45.6 Å². The third kappa shape index (κ3) is 4.85. The van der Waals surface area contributed by atoms with E-state index in [1.165, 1.54) is 99.0 Å². The number of benzene rings is 7. The lowest BCUT2D eigenvalue weighted by Gasteiger charge is -2.25. The molecule has 2 heteroatoms. The second-order valence-electron chi connectivity index (χ2n) is 16.4. The quantitative estimate of drug-likeness (QED) is 0.166. The van der Waals surface area contributed by atoms with Crippen LogP contribution in [0.3, 0.4) is 0 Å². The maximum absolute atomic E-state index is 4.72. The van der Waals surface area contributed by atoms with Gasteiger partial charge in [-0.05, 0) is 141 Å². The summed E-state index contributed by atoms with van der Waals surface area (Å²) in [5.74, 6) is 0. The molecule has 0 radical (unpaired) electrons. The average Bonchev–Trinajstić information content (AvgIpc) is 3.66. The highest BCUT2D eigenvalue weighted by atomic mass is 15.0. The number of rotatable bonds is 4. The van der Waals surface area contributed by atoms with Crippen LogP contribution in [0.1, 0.15) is 54.1 Å². The zero-order chi connectivity index (χ0) is 37.7. The molecule has 0 fully saturated rings. The van der Waals surface area contributed by atoms with E-state index in [4.69, 9.17) is 4.98 Å². The van der Waals surface area contributed by atoms with Crippen LogP contribution in [0.4, 0.5) is 0 Å². The van der Waals surface area contributed by atoms with Crippen molar-refractivity contribution >= 4 is 48.9 Å². The number of pyridine rings is 1. The molecule has 0 amide bonds. The molecule has 2 heterocycles. The summed E-state index contributed by atoms with van der Waals surface area (Å²) < 4.78 is 2.56. The lowest BCUT2D eigenvalue weighted by Crippen LogP contribution is -2.15. The van der Waals surface area contributed by atoms with E-state index in [0.717, 1.165) is 17.7 Å². The second-order valence-corrected chi connectivity index (χ2v) is 16.4. The summed E-state index contributed by atoms with van der Waals surface area (Å²) in [6, 6.07) is 52.3. The van der Waals surface area contributed by atoms with Gasteiger partial charge >= 0.3 is 0 Å². The number of allylic oxidation sites excluding steroid dienone is 4. The van der Waals surface area contributed by atoms with Crippen molar-refractivity contribution in [2.24, 2.45) is 0 Å². The van der Waals surface area contributed by atoms with Gasteiger partial charge in [0.15, 0.2) is 0 Å². The third-order valence-electron chi connectivity index (χ3n) is 12.6. The first-order valence-electron chi connectivity index (χ1n) is 19.9. The van der Waals surface area contributed by atoms with Crippen LogP contribution in [0.15, 0.2) is 164 Å². The fourth-order valence-electron chi connectivity index (χ4n) is 9.98. The van der Waals surface area contributed by atoms with Crippen LogP contribution in [-0.2, 0) is 5.41 Å². The molecule has 0 saturated carbocycles. The fraction of sp³-hybridized carbons (Fsp3) is 0.130. The summed E-state index contributed by atoms with van der Waals surface area (Å²) in [6.07, 6.45) is 10.1. The summed E-state index contributed by atoms with van der Waals surface area (Å²) in [7, 11) is 0. The van der Waals surface area contributed by atoms with Gasteiger partial charge in [0.05, 0.1) is 11.7 Å². The van der Waals surface area contributed by atoms with Gasteiger partial charge in [0.1, 0.15) is 0 Å². The number of aryl methyl sites for hydroxylation is 2. The van der Waals surface area contributed by atoms with Crippen LogP contribution < -0.4 is 0 Å². The Labute approximate surface area is 328 Å². The van der Waals surface area contributed by atoms with Crippen molar-refractivity contribution in [1.29, 1.82) is 0 Å². The van der Waals surface area contributed by atoms with Gasteiger partial charge in [0.25, 0.3) is 0 Å². The van der Waals surface area contributed by atoms with Crippen LogP contribution in [0.2, 0.25) is 0 Å². The predicted molar refractivity (Wildman–Crippen MR) is 237 cm³/mol. The summed E-state index contributed by atoms with van der Waals surface area (Å²) in [6.45, 7) is 9.16. The molecule has 2 aliphatic carbocycles. The monoisotopic (exact) mass is 718 g/mol. The summed E-state index contributed by atoms with van der Waals surface area (Å²) >= 11 is 0.